The lowest BCUT2D eigenvalue weighted by Crippen LogP contribution is -2.54. The summed E-state index contributed by atoms with van der Waals surface area (Å²) in [5.74, 6) is 1.36. The molecule has 0 aromatic heterocycles. The Morgan fingerprint density at radius 2 is 1.66 bits per heavy atom. The molecule has 10 heteroatoms. The Balaban J connectivity index is 1.02. The van der Waals surface area contributed by atoms with Crippen molar-refractivity contribution in [1.82, 2.24) is 14.7 Å². The van der Waals surface area contributed by atoms with Crippen molar-refractivity contribution in [2.24, 2.45) is 11.7 Å². The van der Waals surface area contributed by atoms with Crippen LogP contribution in [0.4, 0.5) is 4.79 Å². The van der Waals surface area contributed by atoms with Gasteiger partial charge in [0, 0.05) is 55.8 Å². The fraction of sp³-hybridized carbons (Fsp3) is 0.412. The molecule has 3 aromatic rings. The number of carbonyl (C=O) groups excluding carboxylic acids is 2. The predicted octanol–water partition coefficient (Wildman–Crippen LogP) is 4.80. The number of piperazine rings is 1. The third-order valence-electron chi connectivity index (χ3n) is 8.95. The zero-order chi connectivity index (χ0) is 30.5. The van der Waals surface area contributed by atoms with Gasteiger partial charge >= 0.3 is 6.09 Å². The lowest BCUT2D eigenvalue weighted by atomic mass is 9.89. The minimum absolute atomic E-state index is 0.0700. The minimum atomic E-state index is -0.904. The van der Waals surface area contributed by atoms with Crippen LogP contribution in [-0.4, -0.2) is 85.4 Å². The first-order chi connectivity index (χ1) is 21.4. The molecule has 2 saturated heterocycles. The molecule has 3 aliphatic heterocycles. The van der Waals surface area contributed by atoms with Crippen LogP contribution in [0.2, 0.25) is 5.02 Å². The van der Waals surface area contributed by atoms with E-state index in [2.05, 4.69) is 34.1 Å². The third kappa shape index (κ3) is 7.12. The average molecular weight is 619 g/mol. The highest BCUT2D eigenvalue weighted by Crippen LogP contribution is 2.36. The summed E-state index contributed by atoms with van der Waals surface area (Å²) in [6.45, 7) is 6.03. The molecule has 3 aromatic carbocycles. The number of halogens is 1. The van der Waals surface area contributed by atoms with E-state index in [4.69, 9.17) is 31.5 Å². The second-order valence-electron chi connectivity index (χ2n) is 11.7. The van der Waals surface area contributed by atoms with Gasteiger partial charge in [-0.15, -0.1) is 0 Å². The molecule has 0 saturated carbocycles. The lowest BCUT2D eigenvalue weighted by Gasteiger charge is -2.39. The highest BCUT2D eigenvalue weighted by Gasteiger charge is 2.37. The van der Waals surface area contributed by atoms with Crippen molar-refractivity contribution in [3.8, 4) is 22.6 Å². The Morgan fingerprint density at radius 1 is 0.886 bits per heavy atom. The van der Waals surface area contributed by atoms with Crippen molar-refractivity contribution >= 4 is 23.6 Å². The Hall–Kier alpha value is -3.79. The van der Waals surface area contributed by atoms with Gasteiger partial charge in [-0.3, -0.25) is 9.69 Å². The molecule has 2 fully saturated rings. The van der Waals surface area contributed by atoms with Crippen LogP contribution in [0.25, 0.3) is 11.1 Å². The summed E-state index contributed by atoms with van der Waals surface area (Å²) in [7, 11) is 0. The van der Waals surface area contributed by atoms with E-state index in [0.717, 1.165) is 67.5 Å². The predicted molar refractivity (Wildman–Crippen MR) is 169 cm³/mol. The first-order valence-corrected chi connectivity index (χ1v) is 15.7. The molecule has 232 valence electrons. The number of hydrogen-bond donors (Lipinski definition) is 1. The maximum Gasteiger partial charge on any atom is 0.405 e. The summed E-state index contributed by atoms with van der Waals surface area (Å²) < 4.78 is 16.7. The zero-order valence-corrected chi connectivity index (χ0v) is 25.6. The van der Waals surface area contributed by atoms with Gasteiger partial charge in [0.05, 0.1) is 0 Å². The zero-order valence-electron chi connectivity index (χ0n) is 24.8. The van der Waals surface area contributed by atoms with Crippen molar-refractivity contribution in [1.29, 1.82) is 0 Å². The van der Waals surface area contributed by atoms with E-state index in [1.807, 2.05) is 47.4 Å². The van der Waals surface area contributed by atoms with E-state index in [9.17, 15) is 9.59 Å². The molecular weight excluding hydrogens is 580 g/mol. The molecule has 0 aliphatic carbocycles. The smallest absolute Gasteiger partial charge is 0.405 e. The number of carbonyl (C=O) groups is 2. The van der Waals surface area contributed by atoms with Crippen LogP contribution in [0, 0.1) is 5.92 Å². The number of piperidine rings is 1. The number of benzene rings is 3. The molecule has 6 rings (SSSR count). The minimum Gasteiger partial charge on any atom is -0.454 e. The molecule has 1 atom stereocenters. The van der Waals surface area contributed by atoms with Gasteiger partial charge in [0.15, 0.2) is 17.6 Å². The largest absolute Gasteiger partial charge is 0.454 e. The molecular formula is C34H39ClN4O5. The average Bonchev–Trinajstić information content (AvgIpc) is 3.54. The van der Waals surface area contributed by atoms with Gasteiger partial charge in [0.2, 0.25) is 6.79 Å². The van der Waals surface area contributed by atoms with E-state index < -0.39 is 12.2 Å². The SMILES string of the molecule is NC(=O)O[C@@H](C(=O)N1CCN(Cc2cccc3c2OCO3)CC1)C1CCN(CCc2cc(Cl)ccc2-c2ccccc2)CC1. The topological polar surface area (TPSA) is 97.6 Å². The monoisotopic (exact) mass is 618 g/mol. The van der Waals surface area contributed by atoms with Crippen LogP contribution in [0.1, 0.15) is 24.0 Å². The molecule has 0 spiro atoms. The first kappa shape index (κ1) is 30.2. The maximum atomic E-state index is 13.7. The normalized spacial score (nSPS) is 18.2. The van der Waals surface area contributed by atoms with Gasteiger partial charge in [-0.1, -0.05) is 60.1 Å². The van der Waals surface area contributed by atoms with Gasteiger partial charge in [0.1, 0.15) is 0 Å². The number of amides is 2. The van der Waals surface area contributed by atoms with Gasteiger partial charge < -0.3 is 29.7 Å². The summed E-state index contributed by atoms with van der Waals surface area (Å²) >= 11 is 6.37. The Morgan fingerprint density at radius 3 is 2.41 bits per heavy atom. The van der Waals surface area contributed by atoms with E-state index >= 15 is 0 Å². The van der Waals surface area contributed by atoms with Crippen LogP contribution < -0.4 is 15.2 Å². The molecule has 3 aliphatic rings. The van der Waals surface area contributed by atoms with Crippen molar-refractivity contribution in [2.45, 2.75) is 31.9 Å². The lowest BCUT2D eigenvalue weighted by molar-refractivity contribution is -0.146. The highest BCUT2D eigenvalue weighted by molar-refractivity contribution is 6.30. The summed E-state index contributed by atoms with van der Waals surface area (Å²) in [5.41, 5.74) is 10.1. The molecule has 9 nitrogen and oxygen atoms in total. The van der Waals surface area contributed by atoms with Crippen molar-refractivity contribution < 1.29 is 23.8 Å². The number of likely N-dealkylation sites (tertiary alicyclic amines) is 1. The maximum absolute atomic E-state index is 13.7. The number of ether oxygens (including phenoxy) is 3. The van der Waals surface area contributed by atoms with Crippen LogP contribution in [0.3, 0.4) is 0 Å². The molecule has 0 unspecified atom stereocenters. The molecule has 44 heavy (non-hydrogen) atoms. The number of fused-ring (bicyclic) bond motifs is 1. The molecule has 0 bridgehead atoms. The Bertz CT molecular complexity index is 1460. The third-order valence-corrected chi connectivity index (χ3v) is 9.19. The van der Waals surface area contributed by atoms with Crippen LogP contribution in [-0.2, 0) is 22.5 Å². The van der Waals surface area contributed by atoms with Gasteiger partial charge in [-0.05, 0) is 67.2 Å². The molecule has 0 radical (unpaired) electrons. The first-order valence-electron chi connectivity index (χ1n) is 15.4. The number of nitrogens with zero attached hydrogens (tertiary/aromatic N) is 3. The van der Waals surface area contributed by atoms with Crippen LogP contribution in [0.5, 0.6) is 11.5 Å². The highest BCUT2D eigenvalue weighted by atomic mass is 35.5. The molecule has 2 N–H and O–H groups in total. The van der Waals surface area contributed by atoms with E-state index in [1.54, 1.807) is 0 Å². The number of para-hydroxylation sites is 1. The van der Waals surface area contributed by atoms with E-state index in [-0.39, 0.29) is 18.6 Å². The van der Waals surface area contributed by atoms with E-state index in [1.165, 1.54) is 16.7 Å². The fourth-order valence-electron chi connectivity index (χ4n) is 6.56. The fourth-order valence-corrected chi connectivity index (χ4v) is 6.76. The number of hydrogen-bond acceptors (Lipinski definition) is 7. The number of nitrogens with two attached hydrogens (primary N) is 1. The second-order valence-corrected chi connectivity index (χ2v) is 12.1. The van der Waals surface area contributed by atoms with Crippen molar-refractivity contribution in [3.63, 3.8) is 0 Å². The van der Waals surface area contributed by atoms with Crippen LogP contribution in [0.15, 0.2) is 66.7 Å². The Labute approximate surface area is 263 Å². The van der Waals surface area contributed by atoms with Crippen LogP contribution >= 0.6 is 11.6 Å². The quantitative estimate of drug-likeness (QED) is 0.368. The van der Waals surface area contributed by atoms with Crippen molar-refractivity contribution in [2.75, 3.05) is 52.6 Å². The number of primary amides is 1. The van der Waals surface area contributed by atoms with Gasteiger partial charge in [-0.2, -0.15) is 0 Å². The summed E-state index contributed by atoms with van der Waals surface area (Å²) in [6.07, 6.45) is 0.614. The molecule has 2 amide bonds. The Kier molecular flexibility index (Phi) is 9.54. The van der Waals surface area contributed by atoms with Gasteiger partial charge in [-0.25, -0.2) is 4.79 Å². The standard InChI is InChI=1S/C34H39ClN4O5/c35-28-9-10-29(24-5-2-1-3-6-24)26(21-28)13-16-37-14-11-25(12-15-37)32(44-34(36)41)33(40)39-19-17-38(18-20-39)22-27-7-4-8-30-31(27)43-23-42-30/h1-10,21,25,32H,11-20,22-23H2,(H2,36,41)/t32-/m1/s1. The van der Waals surface area contributed by atoms with E-state index in [0.29, 0.717) is 26.2 Å². The van der Waals surface area contributed by atoms with Crippen molar-refractivity contribution in [3.05, 3.63) is 82.9 Å². The summed E-state index contributed by atoms with van der Waals surface area (Å²) in [6, 6.07) is 22.4. The second kappa shape index (κ2) is 13.9. The number of rotatable bonds is 9. The summed E-state index contributed by atoms with van der Waals surface area (Å²) in [4.78, 5) is 32.0. The molecule has 3 heterocycles. The van der Waals surface area contributed by atoms with Gasteiger partial charge in [0.25, 0.3) is 5.91 Å². The summed E-state index contributed by atoms with van der Waals surface area (Å²) in [5, 5.41) is 0.733.